The van der Waals surface area contributed by atoms with Crippen LogP contribution in [0.4, 0.5) is 0 Å². The highest BCUT2D eigenvalue weighted by molar-refractivity contribution is 6.32. The van der Waals surface area contributed by atoms with Crippen molar-refractivity contribution in [1.29, 1.82) is 0 Å². The van der Waals surface area contributed by atoms with Crippen molar-refractivity contribution in [2.45, 2.75) is 19.6 Å². The number of hydrogen-bond donors (Lipinski definition) is 2. The fraction of sp³-hybridized carbons (Fsp3) is 0.200. The Hall–Kier alpha value is -1.71. The number of halogens is 1. The van der Waals surface area contributed by atoms with Gasteiger partial charge in [-0.15, -0.1) is 0 Å². The zero-order valence-electron chi connectivity index (χ0n) is 10.6. The first kappa shape index (κ1) is 13.7. The lowest BCUT2D eigenvalue weighted by molar-refractivity contribution is 0.305. The van der Waals surface area contributed by atoms with E-state index < -0.39 is 0 Å². The summed E-state index contributed by atoms with van der Waals surface area (Å²) in [5, 5.41) is 9.90. The van der Waals surface area contributed by atoms with Gasteiger partial charge in [-0.25, -0.2) is 0 Å². The van der Waals surface area contributed by atoms with Crippen molar-refractivity contribution >= 4 is 11.6 Å². The molecular weight excluding hydrogens is 262 g/mol. The van der Waals surface area contributed by atoms with Crippen LogP contribution in [0, 0.1) is 0 Å². The third kappa shape index (κ3) is 3.63. The van der Waals surface area contributed by atoms with Crippen molar-refractivity contribution in [3.8, 4) is 11.5 Å². The average molecular weight is 278 g/mol. The molecule has 0 radical (unpaired) electrons. The van der Waals surface area contributed by atoms with Crippen molar-refractivity contribution in [1.82, 2.24) is 0 Å². The molecule has 2 rings (SSSR count). The molecule has 1 atom stereocenters. The summed E-state index contributed by atoms with van der Waals surface area (Å²) >= 11 is 6.14. The van der Waals surface area contributed by atoms with Crippen molar-refractivity contribution in [3.63, 3.8) is 0 Å². The summed E-state index contributed by atoms with van der Waals surface area (Å²) in [7, 11) is 0. The molecule has 3 N–H and O–H groups in total. The van der Waals surface area contributed by atoms with Gasteiger partial charge in [0.1, 0.15) is 18.1 Å². The first-order chi connectivity index (χ1) is 9.06. The molecular formula is C15H16ClNO2. The smallest absolute Gasteiger partial charge is 0.138 e. The molecule has 3 nitrogen and oxygen atoms in total. The van der Waals surface area contributed by atoms with Crippen molar-refractivity contribution < 1.29 is 9.84 Å². The van der Waals surface area contributed by atoms with Gasteiger partial charge >= 0.3 is 0 Å². The van der Waals surface area contributed by atoms with Crippen LogP contribution in [0.25, 0.3) is 0 Å². The summed E-state index contributed by atoms with van der Waals surface area (Å²) in [5.74, 6) is 0.828. The Morgan fingerprint density at radius 2 is 2.05 bits per heavy atom. The first-order valence-electron chi connectivity index (χ1n) is 6.02. The number of rotatable bonds is 4. The van der Waals surface area contributed by atoms with E-state index >= 15 is 0 Å². The summed E-state index contributed by atoms with van der Waals surface area (Å²) in [4.78, 5) is 0. The minimum atomic E-state index is -0.0578. The number of aromatic hydroxyl groups is 1. The van der Waals surface area contributed by atoms with Gasteiger partial charge in [-0.3, -0.25) is 0 Å². The Morgan fingerprint density at radius 1 is 1.26 bits per heavy atom. The van der Waals surface area contributed by atoms with Crippen LogP contribution in [-0.2, 0) is 6.61 Å². The Morgan fingerprint density at radius 3 is 2.68 bits per heavy atom. The second-order valence-electron chi connectivity index (χ2n) is 4.44. The second-order valence-corrected chi connectivity index (χ2v) is 4.84. The summed E-state index contributed by atoms with van der Waals surface area (Å²) in [6.45, 7) is 2.25. The molecule has 2 aromatic rings. The fourth-order valence-electron chi connectivity index (χ4n) is 1.72. The molecule has 0 aromatic heterocycles. The molecule has 0 bridgehead atoms. The van der Waals surface area contributed by atoms with E-state index in [9.17, 15) is 5.11 Å². The van der Waals surface area contributed by atoms with Gasteiger partial charge < -0.3 is 15.6 Å². The van der Waals surface area contributed by atoms with Crippen molar-refractivity contribution in [2.75, 3.05) is 0 Å². The molecule has 0 aliphatic rings. The third-order valence-corrected chi connectivity index (χ3v) is 3.08. The Kier molecular flexibility index (Phi) is 4.30. The van der Waals surface area contributed by atoms with Gasteiger partial charge in [0.05, 0.1) is 5.02 Å². The van der Waals surface area contributed by atoms with Gasteiger partial charge in [-0.05, 0) is 42.3 Å². The molecule has 0 aliphatic carbocycles. The SMILES string of the molecule is C[C@@H](N)c1ccc(OCc2cccc(O)c2)c(Cl)c1. The zero-order chi connectivity index (χ0) is 13.8. The highest BCUT2D eigenvalue weighted by Gasteiger charge is 2.06. The van der Waals surface area contributed by atoms with Crippen LogP contribution in [0.15, 0.2) is 42.5 Å². The lowest BCUT2D eigenvalue weighted by atomic mass is 10.1. The van der Waals surface area contributed by atoms with Gasteiger partial charge in [0.15, 0.2) is 0 Å². The van der Waals surface area contributed by atoms with Crippen LogP contribution >= 0.6 is 11.6 Å². The maximum atomic E-state index is 9.37. The van der Waals surface area contributed by atoms with Gasteiger partial charge in [0.2, 0.25) is 0 Å². The average Bonchev–Trinajstić information content (AvgIpc) is 2.37. The predicted molar refractivity (Wildman–Crippen MR) is 76.5 cm³/mol. The molecule has 4 heteroatoms. The molecule has 2 aromatic carbocycles. The van der Waals surface area contributed by atoms with E-state index in [1.807, 2.05) is 31.2 Å². The van der Waals surface area contributed by atoms with Crippen LogP contribution in [0.3, 0.4) is 0 Å². The van der Waals surface area contributed by atoms with E-state index in [0.717, 1.165) is 11.1 Å². The molecule has 0 spiro atoms. The summed E-state index contributed by atoms with van der Waals surface area (Å²) in [6, 6.07) is 12.4. The summed E-state index contributed by atoms with van der Waals surface area (Å²) in [5.41, 5.74) is 7.64. The minimum Gasteiger partial charge on any atom is -0.508 e. The summed E-state index contributed by atoms with van der Waals surface area (Å²) in [6.07, 6.45) is 0. The summed E-state index contributed by atoms with van der Waals surface area (Å²) < 4.78 is 5.63. The Balaban J connectivity index is 2.07. The normalized spacial score (nSPS) is 12.2. The van der Waals surface area contributed by atoms with Crippen LogP contribution in [0.2, 0.25) is 5.02 Å². The van der Waals surface area contributed by atoms with E-state index in [4.69, 9.17) is 22.1 Å². The lowest BCUT2D eigenvalue weighted by Gasteiger charge is -2.11. The monoisotopic (exact) mass is 277 g/mol. The Bertz CT molecular complexity index is 570. The number of benzene rings is 2. The molecule has 0 saturated heterocycles. The van der Waals surface area contributed by atoms with Gasteiger partial charge in [-0.2, -0.15) is 0 Å². The van der Waals surface area contributed by atoms with E-state index in [0.29, 0.717) is 17.4 Å². The third-order valence-electron chi connectivity index (χ3n) is 2.79. The molecule has 0 unspecified atom stereocenters. The predicted octanol–water partition coefficient (Wildman–Crippen LogP) is 3.64. The standard InChI is InChI=1S/C15H16ClNO2/c1-10(17)12-5-6-15(14(16)8-12)19-9-11-3-2-4-13(18)7-11/h2-8,10,18H,9,17H2,1H3/t10-/m1/s1. The second kappa shape index (κ2) is 5.95. The van der Waals surface area contributed by atoms with Crippen LogP contribution in [0.1, 0.15) is 24.1 Å². The molecule has 0 fully saturated rings. The number of phenols is 1. The maximum Gasteiger partial charge on any atom is 0.138 e. The topological polar surface area (TPSA) is 55.5 Å². The van der Waals surface area contributed by atoms with Crippen molar-refractivity contribution in [3.05, 3.63) is 58.6 Å². The molecule has 0 aliphatic heterocycles. The molecule has 0 amide bonds. The number of nitrogens with two attached hydrogens (primary N) is 1. The number of ether oxygens (including phenoxy) is 1. The van der Waals surface area contributed by atoms with Crippen LogP contribution < -0.4 is 10.5 Å². The number of phenolic OH excluding ortho intramolecular Hbond substituents is 1. The van der Waals surface area contributed by atoms with Crippen molar-refractivity contribution in [2.24, 2.45) is 5.73 Å². The molecule has 19 heavy (non-hydrogen) atoms. The highest BCUT2D eigenvalue weighted by atomic mass is 35.5. The molecule has 100 valence electrons. The van der Waals surface area contributed by atoms with Crippen LogP contribution in [0.5, 0.6) is 11.5 Å². The fourth-order valence-corrected chi connectivity index (χ4v) is 1.97. The largest absolute Gasteiger partial charge is 0.508 e. The first-order valence-corrected chi connectivity index (χ1v) is 6.40. The quantitative estimate of drug-likeness (QED) is 0.897. The minimum absolute atomic E-state index is 0.0578. The highest BCUT2D eigenvalue weighted by Crippen LogP contribution is 2.28. The van der Waals surface area contributed by atoms with E-state index in [2.05, 4.69) is 0 Å². The maximum absolute atomic E-state index is 9.37. The molecule has 0 heterocycles. The van der Waals surface area contributed by atoms with E-state index in [-0.39, 0.29) is 11.8 Å². The number of hydrogen-bond acceptors (Lipinski definition) is 3. The van der Waals surface area contributed by atoms with Crippen LogP contribution in [-0.4, -0.2) is 5.11 Å². The van der Waals surface area contributed by atoms with E-state index in [1.54, 1.807) is 18.2 Å². The molecule has 0 saturated carbocycles. The Labute approximate surface area is 117 Å². The van der Waals surface area contributed by atoms with Gasteiger partial charge in [0, 0.05) is 6.04 Å². The lowest BCUT2D eigenvalue weighted by Crippen LogP contribution is -2.05. The van der Waals surface area contributed by atoms with Gasteiger partial charge in [-0.1, -0.05) is 29.8 Å². The van der Waals surface area contributed by atoms with E-state index in [1.165, 1.54) is 0 Å². The van der Waals surface area contributed by atoms with Gasteiger partial charge in [0.25, 0.3) is 0 Å². The zero-order valence-corrected chi connectivity index (χ0v) is 11.4.